The van der Waals surface area contributed by atoms with Crippen molar-refractivity contribution in [2.24, 2.45) is 5.18 Å². The summed E-state index contributed by atoms with van der Waals surface area (Å²) in [5.74, 6) is 0. The molecule has 21 heavy (non-hydrogen) atoms. The maximum atomic E-state index is 11.6. The highest BCUT2D eigenvalue weighted by Crippen LogP contribution is 2.34. The van der Waals surface area contributed by atoms with Crippen LogP contribution in [0.1, 0.15) is 50.5 Å². The van der Waals surface area contributed by atoms with Gasteiger partial charge in [0, 0.05) is 0 Å². The van der Waals surface area contributed by atoms with E-state index < -0.39 is 6.04 Å². The second-order valence-corrected chi connectivity index (χ2v) is 5.95. The lowest BCUT2D eigenvalue weighted by atomic mass is 9.87. The van der Waals surface area contributed by atoms with E-state index in [-0.39, 0.29) is 0 Å². The molecule has 0 aromatic heterocycles. The highest BCUT2D eigenvalue weighted by molar-refractivity contribution is 5.48. The van der Waals surface area contributed by atoms with Gasteiger partial charge in [0.1, 0.15) is 6.04 Å². The summed E-state index contributed by atoms with van der Waals surface area (Å²) in [5, 5.41) is 3.44. The molecule has 0 saturated carbocycles. The third kappa shape index (κ3) is 2.63. The molecular formula is C19H23NO. The Labute approximate surface area is 127 Å². The lowest BCUT2D eigenvalue weighted by Crippen LogP contribution is -2.05. The van der Waals surface area contributed by atoms with E-state index in [4.69, 9.17) is 0 Å². The van der Waals surface area contributed by atoms with Crippen LogP contribution in [0.3, 0.4) is 0 Å². The van der Waals surface area contributed by atoms with Crippen LogP contribution >= 0.6 is 0 Å². The van der Waals surface area contributed by atoms with E-state index >= 15 is 0 Å². The molecular weight excluding hydrogens is 258 g/mol. The number of aryl methyl sites for hydroxylation is 2. The van der Waals surface area contributed by atoms with E-state index in [0.717, 1.165) is 22.3 Å². The van der Waals surface area contributed by atoms with Crippen LogP contribution in [-0.4, -0.2) is 0 Å². The summed E-state index contributed by atoms with van der Waals surface area (Å²) in [4.78, 5) is 11.6. The molecule has 2 heteroatoms. The first-order valence-electron chi connectivity index (χ1n) is 7.34. The standard InChI is InChI=1S/C19H23NO/c1-11-7-9-17(15(5)13(11)3)19(20-21)18-10-8-12(2)14(4)16(18)6/h7-10,19H,1-6H3. The van der Waals surface area contributed by atoms with E-state index in [1.54, 1.807) is 0 Å². The molecule has 0 aliphatic heterocycles. The molecule has 0 spiro atoms. The minimum Gasteiger partial charge on any atom is -0.150 e. The lowest BCUT2D eigenvalue weighted by Gasteiger charge is -2.19. The molecule has 0 amide bonds. The smallest absolute Gasteiger partial charge is 0.142 e. The Morgan fingerprint density at radius 1 is 0.667 bits per heavy atom. The van der Waals surface area contributed by atoms with E-state index in [9.17, 15) is 4.91 Å². The maximum absolute atomic E-state index is 11.6. The first-order chi connectivity index (χ1) is 9.88. The van der Waals surface area contributed by atoms with Gasteiger partial charge in [0.25, 0.3) is 0 Å². The van der Waals surface area contributed by atoms with Crippen molar-refractivity contribution in [1.82, 2.24) is 0 Å². The van der Waals surface area contributed by atoms with Crippen LogP contribution in [-0.2, 0) is 0 Å². The molecule has 0 aliphatic rings. The van der Waals surface area contributed by atoms with Gasteiger partial charge in [-0.2, -0.15) is 0 Å². The SMILES string of the molecule is Cc1ccc(C(N=O)c2ccc(C)c(C)c2C)c(C)c1C. The molecule has 0 heterocycles. The highest BCUT2D eigenvalue weighted by Gasteiger charge is 2.21. The van der Waals surface area contributed by atoms with E-state index in [1.165, 1.54) is 22.3 Å². The number of hydrogen-bond acceptors (Lipinski definition) is 2. The second-order valence-electron chi connectivity index (χ2n) is 5.95. The van der Waals surface area contributed by atoms with Gasteiger partial charge in [0.05, 0.1) is 0 Å². The van der Waals surface area contributed by atoms with Crippen molar-refractivity contribution < 1.29 is 0 Å². The van der Waals surface area contributed by atoms with Gasteiger partial charge < -0.3 is 0 Å². The van der Waals surface area contributed by atoms with Gasteiger partial charge in [-0.1, -0.05) is 29.4 Å². The summed E-state index contributed by atoms with van der Waals surface area (Å²) in [6.07, 6.45) is 0. The molecule has 0 saturated heterocycles. The average Bonchev–Trinajstić information content (AvgIpc) is 2.47. The van der Waals surface area contributed by atoms with Crippen LogP contribution in [0.25, 0.3) is 0 Å². The molecule has 2 aromatic rings. The topological polar surface area (TPSA) is 29.4 Å². The molecule has 0 atom stereocenters. The van der Waals surface area contributed by atoms with Crippen molar-refractivity contribution in [2.45, 2.75) is 47.6 Å². The van der Waals surface area contributed by atoms with Gasteiger partial charge in [0.2, 0.25) is 0 Å². The van der Waals surface area contributed by atoms with Crippen LogP contribution in [0.2, 0.25) is 0 Å². The summed E-state index contributed by atoms with van der Waals surface area (Å²) in [6.45, 7) is 12.5. The van der Waals surface area contributed by atoms with Gasteiger partial charge in [-0.15, -0.1) is 4.91 Å². The number of hydrogen-bond donors (Lipinski definition) is 0. The van der Waals surface area contributed by atoms with Crippen molar-refractivity contribution in [1.29, 1.82) is 0 Å². The lowest BCUT2D eigenvalue weighted by molar-refractivity contribution is 0.838. The third-order valence-electron chi connectivity index (χ3n) is 4.89. The first kappa shape index (κ1) is 15.4. The molecule has 0 aliphatic carbocycles. The predicted octanol–water partition coefficient (Wildman–Crippen LogP) is 5.39. The van der Waals surface area contributed by atoms with Crippen LogP contribution in [0, 0.1) is 46.4 Å². The molecule has 0 fully saturated rings. The van der Waals surface area contributed by atoms with Crippen molar-refractivity contribution in [3.8, 4) is 0 Å². The minimum absolute atomic E-state index is 0.427. The van der Waals surface area contributed by atoms with Crippen molar-refractivity contribution >= 4 is 0 Å². The van der Waals surface area contributed by atoms with Crippen LogP contribution in [0.5, 0.6) is 0 Å². The van der Waals surface area contributed by atoms with E-state index in [0.29, 0.717) is 0 Å². The Kier molecular flexibility index (Phi) is 4.26. The average molecular weight is 281 g/mol. The quantitative estimate of drug-likeness (QED) is 0.693. The molecule has 110 valence electrons. The van der Waals surface area contributed by atoms with Crippen molar-refractivity contribution in [2.75, 3.05) is 0 Å². The van der Waals surface area contributed by atoms with Crippen LogP contribution in [0.4, 0.5) is 0 Å². The van der Waals surface area contributed by atoms with Gasteiger partial charge in [-0.05, 0) is 86.1 Å². The maximum Gasteiger partial charge on any atom is 0.142 e. The van der Waals surface area contributed by atoms with Crippen LogP contribution < -0.4 is 0 Å². The molecule has 0 bridgehead atoms. The van der Waals surface area contributed by atoms with Crippen LogP contribution in [0.15, 0.2) is 29.4 Å². The Morgan fingerprint density at radius 2 is 1.05 bits per heavy atom. The summed E-state index contributed by atoms with van der Waals surface area (Å²) in [6, 6.07) is 7.80. The third-order valence-corrected chi connectivity index (χ3v) is 4.89. The zero-order valence-electron chi connectivity index (χ0n) is 13.7. The zero-order valence-corrected chi connectivity index (χ0v) is 13.7. The molecule has 0 unspecified atom stereocenters. The van der Waals surface area contributed by atoms with Gasteiger partial charge in [-0.3, -0.25) is 0 Å². The number of benzene rings is 2. The molecule has 2 aromatic carbocycles. The van der Waals surface area contributed by atoms with E-state index in [1.807, 2.05) is 12.1 Å². The number of nitrogens with zero attached hydrogens (tertiary/aromatic N) is 1. The largest absolute Gasteiger partial charge is 0.150 e. The number of nitroso groups, excluding NO2 is 1. The molecule has 2 rings (SSSR count). The highest BCUT2D eigenvalue weighted by atomic mass is 16.3. The molecule has 0 N–H and O–H groups in total. The summed E-state index contributed by atoms with van der Waals surface area (Å²) >= 11 is 0. The monoisotopic (exact) mass is 281 g/mol. The fraction of sp³-hybridized carbons (Fsp3) is 0.368. The summed E-state index contributed by atoms with van der Waals surface area (Å²) < 4.78 is 0. The van der Waals surface area contributed by atoms with Crippen molar-refractivity contribution in [3.63, 3.8) is 0 Å². The van der Waals surface area contributed by atoms with Gasteiger partial charge >= 0.3 is 0 Å². The normalized spacial score (nSPS) is 11.0. The minimum atomic E-state index is -0.427. The van der Waals surface area contributed by atoms with E-state index in [2.05, 4.69) is 58.9 Å². The second kappa shape index (κ2) is 5.80. The fourth-order valence-corrected chi connectivity index (χ4v) is 2.83. The Balaban J connectivity index is 2.64. The fourth-order valence-electron chi connectivity index (χ4n) is 2.83. The van der Waals surface area contributed by atoms with Gasteiger partial charge in [0.15, 0.2) is 0 Å². The molecule has 0 radical (unpaired) electrons. The predicted molar refractivity (Wildman–Crippen MR) is 88.9 cm³/mol. The Bertz CT molecular complexity index is 644. The summed E-state index contributed by atoms with van der Waals surface area (Å²) in [7, 11) is 0. The number of rotatable bonds is 3. The Hall–Kier alpha value is -1.96. The molecule has 2 nitrogen and oxygen atoms in total. The Morgan fingerprint density at radius 3 is 1.38 bits per heavy atom. The summed E-state index contributed by atoms with van der Waals surface area (Å²) in [5.41, 5.74) is 9.33. The van der Waals surface area contributed by atoms with Gasteiger partial charge in [-0.25, -0.2) is 0 Å². The van der Waals surface area contributed by atoms with Crippen molar-refractivity contribution in [3.05, 3.63) is 73.7 Å². The zero-order chi connectivity index (χ0) is 15.7. The first-order valence-corrected chi connectivity index (χ1v) is 7.34.